The number of rotatable bonds is 11. The first-order valence-electron chi connectivity index (χ1n) is 8.74. The van der Waals surface area contributed by atoms with E-state index in [2.05, 4.69) is 16.0 Å². The summed E-state index contributed by atoms with van der Waals surface area (Å²) in [6.45, 7) is 1.73. The molecule has 0 bridgehead atoms. The van der Waals surface area contributed by atoms with Gasteiger partial charge in [-0.1, -0.05) is 42.5 Å². The molecule has 0 spiro atoms. The maximum atomic E-state index is 12.2. The Morgan fingerprint density at radius 1 is 1.04 bits per heavy atom. The molecule has 144 valence electrons. The molecule has 2 aromatic rings. The zero-order chi connectivity index (χ0) is 19.5. The summed E-state index contributed by atoms with van der Waals surface area (Å²) in [5.41, 5.74) is 1.67. The highest BCUT2D eigenvalue weighted by atomic mass is 16.5. The summed E-state index contributed by atoms with van der Waals surface area (Å²) >= 11 is 0. The fourth-order valence-electron chi connectivity index (χ4n) is 2.54. The standard InChI is InChI=1S/C20H25N3O4/c1-27-18-10-6-5-9-16(18)23-19(24)13-17(20(25)26)22-12-11-21-14-15-7-3-2-4-8-15/h2-10,17,21-22H,11-14H2,1H3,(H,23,24)(H,25,26)/t17-/m0/s1. The molecule has 0 saturated carbocycles. The van der Waals surface area contributed by atoms with Crippen LogP contribution in [0.15, 0.2) is 54.6 Å². The molecule has 7 nitrogen and oxygen atoms in total. The van der Waals surface area contributed by atoms with Gasteiger partial charge < -0.3 is 25.8 Å². The summed E-state index contributed by atoms with van der Waals surface area (Å²) in [6, 6.07) is 15.9. The minimum Gasteiger partial charge on any atom is -0.495 e. The Labute approximate surface area is 158 Å². The molecule has 0 aliphatic heterocycles. The Morgan fingerprint density at radius 3 is 2.44 bits per heavy atom. The lowest BCUT2D eigenvalue weighted by Crippen LogP contribution is -2.42. The van der Waals surface area contributed by atoms with Gasteiger partial charge in [-0.2, -0.15) is 0 Å². The van der Waals surface area contributed by atoms with Crippen LogP contribution in [0.5, 0.6) is 5.75 Å². The van der Waals surface area contributed by atoms with Crippen molar-refractivity contribution in [1.82, 2.24) is 10.6 Å². The van der Waals surface area contributed by atoms with E-state index in [1.165, 1.54) is 7.11 Å². The van der Waals surface area contributed by atoms with Gasteiger partial charge in [0.25, 0.3) is 0 Å². The van der Waals surface area contributed by atoms with E-state index >= 15 is 0 Å². The number of carboxylic acids is 1. The van der Waals surface area contributed by atoms with Crippen molar-refractivity contribution < 1.29 is 19.4 Å². The third kappa shape index (κ3) is 7.08. The van der Waals surface area contributed by atoms with Gasteiger partial charge >= 0.3 is 5.97 Å². The normalized spacial score (nSPS) is 11.6. The maximum Gasteiger partial charge on any atom is 0.321 e. The third-order valence-corrected chi connectivity index (χ3v) is 3.93. The molecule has 27 heavy (non-hydrogen) atoms. The number of hydrogen-bond donors (Lipinski definition) is 4. The SMILES string of the molecule is COc1ccccc1NC(=O)C[C@H](NCCNCc1ccccc1)C(=O)O. The number of amides is 1. The van der Waals surface area contributed by atoms with Gasteiger partial charge in [-0.15, -0.1) is 0 Å². The first-order chi connectivity index (χ1) is 13.1. The number of nitrogens with one attached hydrogen (secondary N) is 3. The van der Waals surface area contributed by atoms with Gasteiger partial charge in [0.05, 0.1) is 19.2 Å². The first-order valence-corrected chi connectivity index (χ1v) is 8.74. The smallest absolute Gasteiger partial charge is 0.321 e. The molecule has 0 aliphatic carbocycles. The van der Waals surface area contributed by atoms with Gasteiger partial charge in [0.2, 0.25) is 5.91 Å². The number of hydrogen-bond acceptors (Lipinski definition) is 5. The Hall–Kier alpha value is -2.90. The number of anilines is 1. The number of para-hydroxylation sites is 2. The molecule has 1 amide bonds. The van der Waals surface area contributed by atoms with Crippen LogP contribution in [0.2, 0.25) is 0 Å². The summed E-state index contributed by atoms with van der Waals surface area (Å²) < 4.78 is 5.17. The van der Waals surface area contributed by atoms with Crippen LogP contribution in [0, 0.1) is 0 Å². The third-order valence-electron chi connectivity index (χ3n) is 3.93. The highest BCUT2D eigenvalue weighted by Crippen LogP contribution is 2.23. The molecular weight excluding hydrogens is 346 g/mol. The first kappa shape index (κ1) is 20.4. The lowest BCUT2D eigenvalue weighted by Gasteiger charge is -2.15. The van der Waals surface area contributed by atoms with Gasteiger partial charge in [0.15, 0.2) is 0 Å². The van der Waals surface area contributed by atoms with E-state index in [1.807, 2.05) is 30.3 Å². The topological polar surface area (TPSA) is 99.7 Å². The molecule has 7 heteroatoms. The predicted molar refractivity (Wildman–Crippen MR) is 104 cm³/mol. The second kappa shape index (κ2) is 10.9. The van der Waals surface area contributed by atoms with Gasteiger partial charge in [-0.3, -0.25) is 9.59 Å². The van der Waals surface area contributed by atoms with Crippen molar-refractivity contribution in [1.29, 1.82) is 0 Å². The molecule has 0 radical (unpaired) electrons. The largest absolute Gasteiger partial charge is 0.495 e. The van der Waals surface area contributed by atoms with Gasteiger partial charge in [0, 0.05) is 19.6 Å². The molecular formula is C20H25N3O4. The van der Waals surface area contributed by atoms with E-state index in [0.717, 1.165) is 5.56 Å². The molecule has 1 atom stereocenters. The number of aliphatic carboxylic acids is 1. The van der Waals surface area contributed by atoms with Gasteiger partial charge in [-0.25, -0.2) is 0 Å². The second-order valence-corrected chi connectivity index (χ2v) is 5.96. The zero-order valence-corrected chi connectivity index (χ0v) is 15.3. The molecule has 0 heterocycles. The van der Waals surface area contributed by atoms with Crippen molar-refractivity contribution in [2.24, 2.45) is 0 Å². The Bertz CT molecular complexity index is 737. The van der Waals surface area contributed by atoms with Gasteiger partial charge in [0.1, 0.15) is 11.8 Å². The average molecular weight is 371 g/mol. The molecule has 0 fully saturated rings. The van der Waals surface area contributed by atoms with Crippen LogP contribution in [0.25, 0.3) is 0 Å². The van der Waals surface area contributed by atoms with E-state index in [1.54, 1.807) is 24.3 Å². The quantitative estimate of drug-likeness (QED) is 0.450. The van der Waals surface area contributed by atoms with Crippen LogP contribution in [0.1, 0.15) is 12.0 Å². The minimum absolute atomic E-state index is 0.175. The lowest BCUT2D eigenvalue weighted by atomic mass is 10.2. The Kier molecular flexibility index (Phi) is 8.28. The lowest BCUT2D eigenvalue weighted by molar-refractivity contribution is -0.141. The van der Waals surface area contributed by atoms with Crippen LogP contribution in [-0.2, 0) is 16.1 Å². The Balaban J connectivity index is 1.75. The fraction of sp³-hybridized carbons (Fsp3) is 0.300. The summed E-state index contributed by atoms with van der Waals surface area (Å²) in [7, 11) is 1.51. The van der Waals surface area contributed by atoms with Crippen molar-refractivity contribution >= 4 is 17.6 Å². The summed E-state index contributed by atoms with van der Waals surface area (Å²) in [5, 5.41) is 18.2. The molecule has 0 aromatic heterocycles. The molecule has 2 aromatic carbocycles. The van der Waals surface area contributed by atoms with E-state index in [9.17, 15) is 14.7 Å². The molecule has 0 aliphatic rings. The van der Waals surface area contributed by atoms with Crippen molar-refractivity contribution in [3.05, 3.63) is 60.2 Å². The number of carbonyl (C=O) groups excluding carboxylic acids is 1. The maximum absolute atomic E-state index is 12.2. The number of ether oxygens (including phenoxy) is 1. The minimum atomic E-state index is -1.06. The van der Waals surface area contributed by atoms with Gasteiger partial charge in [-0.05, 0) is 17.7 Å². The highest BCUT2D eigenvalue weighted by molar-refractivity contribution is 5.95. The second-order valence-electron chi connectivity index (χ2n) is 5.96. The van der Waals surface area contributed by atoms with Crippen LogP contribution >= 0.6 is 0 Å². The van der Waals surface area contributed by atoms with Crippen LogP contribution < -0.4 is 20.7 Å². The van der Waals surface area contributed by atoms with Crippen molar-refractivity contribution in [3.63, 3.8) is 0 Å². The number of benzene rings is 2. The van der Waals surface area contributed by atoms with Crippen LogP contribution in [0.4, 0.5) is 5.69 Å². The molecule has 4 N–H and O–H groups in total. The Morgan fingerprint density at radius 2 is 1.74 bits per heavy atom. The van der Waals surface area contributed by atoms with E-state index in [0.29, 0.717) is 31.1 Å². The highest BCUT2D eigenvalue weighted by Gasteiger charge is 2.21. The summed E-state index contributed by atoms with van der Waals surface area (Å²) in [4.78, 5) is 23.6. The van der Waals surface area contributed by atoms with Crippen molar-refractivity contribution in [3.8, 4) is 5.75 Å². The monoisotopic (exact) mass is 371 g/mol. The number of carboxylic acid groups (broad SMARTS) is 1. The number of methoxy groups -OCH3 is 1. The molecule has 0 saturated heterocycles. The van der Waals surface area contributed by atoms with Crippen LogP contribution in [-0.4, -0.2) is 43.2 Å². The molecule has 0 unspecified atom stereocenters. The summed E-state index contributed by atoms with van der Waals surface area (Å²) in [5.74, 6) is -0.930. The molecule has 2 rings (SSSR count). The summed E-state index contributed by atoms with van der Waals surface area (Å²) in [6.07, 6.45) is -0.175. The fourth-order valence-corrected chi connectivity index (χ4v) is 2.54. The average Bonchev–Trinajstić information content (AvgIpc) is 2.68. The number of carbonyl (C=O) groups is 2. The van der Waals surface area contributed by atoms with Crippen LogP contribution in [0.3, 0.4) is 0 Å². The van der Waals surface area contributed by atoms with Crippen molar-refractivity contribution in [2.45, 2.75) is 19.0 Å². The van der Waals surface area contributed by atoms with Crippen molar-refractivity contribution in [2.75, 3.05) is 25.5 Å². The van der Waals surface area contributed by atoms with E-state index < -0.39 is 17.9 Å². The van der Waals surface area contributed by atoms with E-state index in [4.69, 9.17) is 4.74 Å². The van der Waals surface area contributed by atoms with E-state index in [-0.39, 0.29) is 6.42 Å². The zero-order valence-electron chi connectivity index (χ0n) is 15.3. The predicted octanol–water partition coefficient (Wildman–Crippen LogP) is 1.86.